The molecule has 0 amide bonds. The van der Waals surface area contributed by atoms with E-state index in [1.54, 1.807) is 12.4 Å². The molecule has 3 aromatic rings. The van der Waals surface area contributed by atoms with Crippen molar-refractivity contribution in [2.24, 2.45) is 7.05 Å². The lowest BCUT2D eigenvalue weighted by Crippen LogP contribution is -2.36. The molecule has 2 aromatic heterocycles. The predicted molar refractivity (Wildman–Crippen MR) is 86.9 cm³/mol. The summed E-state index contributed by atoms with van der Waals surface area (Å²) in [5, 5.41) is 0. The Morgan fingerprint density at radius 1 is 1.09 bits per heavy atom. The van der Waals surface area contributed by atoms with E-state index in [4.69, 9.17) is 4.98 Å². The van der Waals surface area contributed by atoms with E-state index in [0.29, 0.717) is 5.92 Å². The van der Waals surface area contributed by atoms with Gasteiger partial charge in [-0.05, 0) is 31.0 Å². The van der Waals surface area contributed by atoms with Gasteiger partial charge < -0.3 is 9.47 Å². The van der Waals surface area contributed by atoms with E-state index >= 15 is 0 Å². The monoisotopic (exact) mass is 293 g/mol. The smallest absolute Gasteiger partial charge is 0.225 e. The molecule has 1 saturated heterocycles. The summed E-state index contributed by atoms with van der Waals surface area (Å²) in [5.41, 5.74) is 2.28. The normalized spacial score (nSPS) is 18.8. The first-order valence-electron chi connectivity index (χ1n) is 7.76. The van der Waals surface area contributed by atoms with Gasteiger partial charge in [0.1, 0.15) is 5.82 Å². The van der Waals surface area contributed by atoms with Crippen molar-refractivity contribution in [3.63, 3.8) is 0 Å². The summed E-state index contributed by atoms with van der Waals surface area (Å²) in [6, 6.07) is 10.2. The SMILES string of the molecule is Cn1c([C@@H]2CCCN(c3ncccn3)C2)nc2ccccc21. The van der Waals surface area contributed by atoms with Crippen LogP contribution in [0.5, 0.6) is 0 Å². The van der Waals surface area contributed by atoms with Crippen molar-refractivity contribution in [2.45, 2.75) is 18.8 Å². The molecule has 5 heteroatoms. The van der Waals surface area contributed by atoms with Crippen LogP contribution in [0.1, 0.15) is 24.6 Å². The molecule has 0 bridgehead atoms. The molecule has 1 fully saturated rings. The number of hydrogen-bond donors (Lipinski definition) is 0. The van der Waals surface area contributed by atoms with E-state index in [9.17, 15) is 0 Å². The van der Waals surface area contributed by atoms with Crippen LogP contribution in [0.2, 0.25) is 0 Å². The van der Waals surface area contributed by atoms with E-state index in [2.05, 4.69) is 44.7 Å². The summed E-state index contributed by atoms with van der Waals surface area (Å²) in [4.78, 5) is 15.9. The fourth-order valence-electron chi connectivity index (χ4n) is 3.35. The number of hydrogen-bond acceptors (Lipinski definition) is 4. The largest absolute Gasteiger partial charge is 0.340 e. The second-order valence-electron chi connectivity index (χ2n) is 5.85. The van der Waals surface area contributed by atoms with Crippen LogP contribution in [-0.4, -0.2) is 32.6 Å². The Hall–Kier alpha value is -2.43. The second-order valence-corrected chi connectivity index (χ2v) is 5.85. The van der Waals surface area contributed by atoms with Crippen LogP contribution in [0.4, 0.5) is 5.95 Å². The van der Waals surface area contributed by atoms with E-state index in [1.807, 2.05) is 12.1 Å². The van der Waals surface area contributed by atoms with Crippen LogP contribution in [0.3, 0.4) is 0 Å². The number of nitrogens with zero attached hydrogens (tertiary/aromatic N) is 5. The Morgan fingerprint density at radius 3 is 2.73 bits per heavy atom. The zero-order valence-electron chi connectivity index (χ0n) is 12.7. The topological polar surface area (TPSA) is 46.8 Å². The fourth-order valence-corrected chi connectivity index (χ4v) is 3.35. The molecular weight excluding hydrogens is 274 g/mol. The van der Waals surface area contributed by atoms with Crippen LogP contribution < -0.4 is 4.90 Å². The van der Waals surface area contributed by atoms with Gasteiger partial charge in [0, 0.05) is 38.4 Å². The van der Waals surface area contributed by atoms with Gasteiger partial charge in [0.15, 0.2) is 0 Å². The van der Waals surface area contributed by atoms with Crippen molar-refractivity contribution < 1.29 is 0 Å². The Morgan fingerprint density at radius 2 is 1.91 bits per heavy atom. The van der Waals surface area contributed by atoms with Crippen molar-refractivity contribution >= 4 is 17.0 Å². The molecule has 1 aromatic carbocycles. The van der Waals surface area contributed by atoms with Gasteiger partial charge in [-0.25, -0.2) is 15.0 Å². The van der Waals surface area contributed by atoms with Crippen molar-refractivity contribution in [2.75, 3.05) is 18.0 Å². The summed E-state index contributed by atoms with van der Waals surface area (Å²) < 4.78 is 2.23. The third kappa shape index (κ3) is 2.22. The first kappa shape index (κ1) is 13.2. The van der Waals surface area contributed by atoms with Gasteiger partial charge in [0.05, 0.1) is 11.0 Å². The molecule has 0 unspecified atom stereocenters. The molecule has 1 aliphatic heterocycles. The summed E-state index contributed by atoms with van der Waals surface area (Å²) in [6.07, 6.45) is 5.93. The molecule has 5 nitrogen and oxygen atoms in total. The quantitative estimate of drug-likeness (QED) is 0.729. The number of piperidine rings is 1. The minimum atomic E-state index is 0.426. The van der Waals surface area contributed by atoms with Gasteiger partial charge in [-0.15, -0.1) is 0 Å². The van der Waals surface area contributed by atoms with Crippen molar-refractivity contribution in [3.8, 4) is 0 Å². The van der Waals surface area contributed by atoms with Gasteiger partial charge in [0.2, 0.25) is 5.95 Å². The van der Waals surface area contributed by atoms with Gasteiger partial charge in [-0.2, -0.15) is 0 Å². The molecule has 22 heavy (non-hydrogen) atoms. The van der Waals surface area contributed by atoms with E-state index in [1.165, 1.54) is 17.8 Å². The van der Waals surface area contributed by atoms with Crippen LogP contribution in [-0.2, 0) is 7.05 Å². The van der Waals surface area contributed by atoms with E-state index in [-0.39, 0.29) is 0 Å². The lowest BCUT2D eigenvalue weighted by Gasteiger charge is -2.32. The fraction of sp³-hybridized carbons (Fsp3) is 0.353. The highest BCUT2D eigenvalue weighted by atomic mass is 15.3. The number of imidazole rings is 1. The summed E-state index contributed by atoms with van der Waals surface area (Å²) >= 11 is 0. The first-order chi connectivity index (χ1) is 10.8. The maximum atomic E-state index is 4.86. The highest BCUT2D eigenvalue weighted by molar-refractivity contribution is 5.75. The number of anilines is 1. The minimum Gasteiger partial charge on any atom is -0.340 e. The van der Waals surface area contributed by atoms with Crippen molar-refractivity contribution in [3.05, 3.63) is 48.5 Å². The third-order valence-corrected chi connectivity index (χ3v) is 4.44. The summed E-state index contributed by atoms with van der Waals surface area (Å²) in [6.45, 7) is 1.95. The molecule has 0 aliphatic carbocycles. The number of benzene rings is 1. The number of rotatable bonds is 2. The molecule has 1 atom stereocenters. The number of aromatic nitrogens is 4. The van der Waals surface area contributed by atoms with Gasteiger partial charge in [-0.1, -0.05) is 12.1 Å². The third-order valence-electron chi connectivity index (χ3n) is 4.44. The Kier molecular flexibility index (Phi) is 3.25. The number of aryl methyl sites for hydroxylation is 1. The molecular formula is C17H19N5. The average Bonchev–Trinajstić information content (AvgIpc) is 2.93. The van der Waals surface area contributed by atoms with Crippen LogP contribution >= 0.6 is 0 Å². The molecule has 3 heterocycles. The van der Waals surface area contributed by atoms with Crippen LogP contribution in [0.15, 0.2) is 42.7 Å². The molecule has 0 N–H and O–H groups in total. The van der Waals surface area contributed by atoms with Gasteiger partial charge in [0.25, 0.3) is 0 Å². The number of para-hydroxylation sites is 2. The molecule has 4 rings (SSSR count). The highest BCUT2D eigenvalue weighted by Gasteiger charge is 2.26. The summed E-state index contributed by atoms with van der Waals surface area (Å²) in [7, 11) is 2.11. The maximum Gasteiger partial charge on any atom is 0.225 e. The standard InChI is InChI=1S/C17H19N5/c1-21-15-8-3-2-7-14(15)20-16(21)13-6-4-11-22(12-13)17-18-9-5-10-19-17/h2-3,5,7-10,13H,4,6,11-12H2,1H3/t13-/m1/s1. The van der Waals surface area contributed by atoms with E-state index < -0.39 is 0 Å². The van der Waals surface area contributed by atoms with Crippen LogP contribution in [0.25, 0.3) is 11.0 Å². The van der Waals surface area contributed by atoms with Crippen molar-refractivity contribution in [1.82, 2.24) is 19.5 Å². The molecule has 112 valence electrons. The lowest BCUT2D eigenvalue weighted by atomic mass is 9.97. The molecule has 1 aliphatic rings. The zero-order chi connectivity index (χ0) is 14.9. The minimum absolute atomic E-state index is 0.426. The average molecular weight is 293 g/mol. The predicted octanol–water partition coefficient (Wildman–Crippen LogP) is 2.75. The molecule has 0 saturated carbocycles. The van der Waals surface area contributed by atoms with Crippen molar-refractivity contribution in [1.29, 1.82) is 0 Å². The highest BCUT2D eigenvalue weighted by Crippen LogP contribution is 2.29. The molecule has 0 spiro atoms. The van der Waals surface area contributed by atoms with Gasteiger partial charge in [-0.3, -0.25) is 0 Å². The maximum absolute atomic E-state index is 4.86. The van der Waals surface area contributed by atoms with Gasteiger partial charge >= 0.3 is 0 Å². The molecule has 0 radical (unpaired) electrons. The first-order valence-corrected chi connectivity index (χ1v) is 7.76. The summed E-state index contributed by atoms with van der Waals surface area (Å²) in [5.74, 6) is 2.42. The number of fused-ring (bicyclic) bond motifs is 1. The Bertz CT molecular complexity index is 780. The zero-order valence-corrected chi connectivity index (χ0v) is 12.7. The Labute approximate surface area is 129 Å². The van der Waals surface area contributed by atoms with Crippen LogP contribution in [0, 0.1) is 0 Å². The van der Waals surface area contributed by atoms with E-state index in [0.717, 1.165) is 31.0 Å². The second kappa shape index (κ2) is 5.40. The lowest BCUT2D eigenvalue weighted by molar-refractivity contribution is 0.478. The Balaban J connectivity index is 1.65.